The second-order valence-corrected chi connectivity index (χ2v) is 5.82. The third-order valence-corrected chi connectivity index (χ3v) is 3.40. The van der Waals surface area contributed by atoms with Crippen LogP contribution in [-0.2, 0) is 5.41 Å². The number of halogens is 1. The lowest BCUT2D eigenvalue weighted by Crippen LogP contribution is -2.36. The minimum Gasteiger partial charge on any atom is -0.330 e. The molecule has 0 bridgehead atoms. The topological polar surface area (TPSA) is 38.0 Å². The van der Waals surface area contributed by atoms with E-state index in [0.717, 1.165) is 18.7 Å². The lowest BCUT2D eigenvalue weighted by Gasteiger charge is -2.27. The van der Waals surface area contributed by atoms with Crippen molar-refractivity contribution in [3.05, 3.63) is 35.1 Å². The van der Waals surface area contributed by atoms with Crippen LogP contribution in [0.25, 0.3) is 0 Å². The maximum absolute atomic E-state index is 13.3. The van der Waals surface area contributed by atoms with Crippen LogP contribution in [0.1, 0.15) is 31.9 Å². The van der Waals surface area contributed by atoms with Gasteiger partial charge in [-0.2, -0.15) is 0 Å². The predicted molar refractivity (Wildman–Crippen MR) is 75.3 cm³/mol. The van der Waals surface area contributed by atoms with Crippen molar-refractivity contribution in [1.29, 1.82) is 0 Å². The van der Waals surface area contributed by atoms with Gasteiger partial charge in [0.15, 0.2) is 0 Å². The number of aryl methyl sites for hydroxylation is 1. The molecule has 0 aliphatic heterocycles. The smallest absolute Gasteiger partial charge is 0.126 e. The highest BCUT2D eigenvalue weighted by Crippen LogP contribution is 2.24. The van der Waals surface area contributed by atoms with Gasteiger partial charge in [-0.3, -0.25) is 0 Å². The van der Waals surface area contributed by atoms with E-state index >= 15 is 0 Å². The van der Waals surface area contributed by atoms with Gasteiger partial charge in [-0.25, -0.2) is 4.39 Å². The minimum atomic E-state index is -0.140. The van der Waals surface area contributed by atoms with Gasteiger partial charge in [0.2, 0.25) is 0 Å². The highest BCUT2D eigenvalue weighted by molar-refractivity contribution is 5.29. The van der Waals surface area contributed by atoms with Crippen LogP contribution in [0.15, 0.2) is 18.2 Å². The summed E-state index contributed by atoms with van der Waals surface area (Å²) >= 11 is 0. The molecule has 3 N–H and O–H groups in total. The summed E-state index contributed by atoms with van der Waals surface area (Å²) in [5.74, 6) is 0.343. The predicted octanol–water partition coefficient (Wildman–Crippen LogP) is 2.60. The van der Waals surface area contributed by atoms with Crippen LogP contribution in [-0.4, -0.2) is 19.6 Å². The number of benzene rings is 1. The number of nitrogens with one attached hydrogen (secondary N) is 1. The molecule has 18 heavy (non-hydrogen) atoms. The Labute approximate surface area is 110 Å². The molecule has 1 unspecified atom stereocenters. The molecule has 0 saturated heterocycles. The lowest BCUT2D eigenvalue weighted by molar-refractivity contribution is 0.434. The van der Waals surface area contributed by atoms with Crippen LogP contribution >= 0.6 is 0 Å². The van der Waals surface area contributed by atoms with E-state index in [1.807, 2.05) is 12.1 Å². The summed E-state index contributed by atoms with van der Waals surface area (Å²) in [5.41, 5.74) is 7.45. The second kappa shape index (κ2) is 6.30. The van der Waals surface area contributed by atoms with Gasteiger partial charge in [0.1, 0.15) is 5.82 Å². The first kappa shape index (κ1) is 15.1. The molecule has 0 radical (unpaired) electrons. The molecule has 0 aromatic heterocycles. The summed E-state index contributed by atoms with van der Waals surface area (Å²) in [6, 6.07) is 5.36. The normalized spacial score (nSPS) is 13.7. The number of hydrogen-bond acceptors (Lipinski definition) is 2. The summed E-state index contributed by atoms with van der Waals surface area (Å²) in [7, 11) is 0. The first-order valence-corrected chi connectivity index (χ1v) is 6.54. The Morgan fingerprint density at radius 3 is 2.61 bits per heavy atom. The Morgan fingerprint density at radius 1 is 1.39 bits per heavy atom. The minimum absolute atomic E-state index is 0.00716. The quantitative estimate of drug-likeness (QED) is 0.816. The van der Waals surface area contributed by atoms with Gasteiger partial charge in [0, 0.05) is 12.0 Å². The van der Waals surface area contributed by atoms with Gasteiger partial charge >= 0.3 is 0 Å². The number of rotatable bonds is 6. The molecule has 0 aliphatic carbocycles. The zero-order valence-corrected chi connectivity index (χ0v) is 11.9. The Hall–Kier alpha value is -0.930. The Balaban J connectivity index is 2.64. The van der Waals surface area contributed by atoms with Crippen LogP contribution in [0.4, 0.5) is 4.39 Å². The molecule has 1 aromatic rings. The molecule has 0 saturated carbocycles. The average molecular weight is 252 g/mol. The van der Waals surface area contributed by atoms with Gasteiger partial charge in [0.05, 0.1) is 0 Å². The SMILES string of the molecule is Cc1cc(C(C)(C)CNCC(C)CN)ccc1F. The monoisotopic (exact) mass is 252 g/mol. The molecule has 0 spiro atoms. The van der Waals surface area contributed by atoms with Gasteiger partial charge in [-0.05, 0) is 43.1 Å². The maximum Gasteiger partial charge on any atom is 0.126 e. The zero-order chi connectivity index (χ0) is 13.8. The molecule has 0 fully saturated rings. The van der Waals surface area contributed by atoms with Gasteiger partial charge < -0.3 is 11.1 Å². The molecular formula is C15H25FN2. The zero-order valence-electron chi connectivity index (χ0n) is 11.9. The summed E-state index contributed by atoms with van der Waals surface area (Å²) in [6.45, 7) is 10.7. The van der Waals surface area contributed by atoms with Crippen molar-refractivity contribution in [2.24, 2.45) is 11.7 Å². The van der Waals surface area contributed by atoms with Crippen molar-refractivity contribution < 1.29 is 4.39 Å². The van der Waals surface area contributed by atoms with Crippen molar-refractivity contribution in [2.45, 2.75) is 33.1 Å². The standard InChI is InChI=1S/C15H25FN2/c1-11(8-17)9-18-10-15(3,4)13-5-6-14(16)12(2)7-13/h5-7,11,18H,8-10,17H2,1-4H3. The van der Waals surface area contributed by atoms with E-state index in [1.54, 1.807) is 13.0 Å². The summed E-state index contributed by atoms with van der Waals surface area (Å²) < 4.78 is 13.3. The highest BCUT2D eigenvalue weighted by atomic mass is 19.1. The van der Waals surface area contributed by atoms with Crippen LogP contribution in [0.3, 0.4) is 0 Å². The van der Waals surface area contributed by atoms with Crippen molar-refractivity contribution in [2.75, 3.05) is 19.6 Å². The molecular weight excluding hydrogens is 227 g/mol. The van der Waals surface area contributed by atoms with Crippen molar-refractivity contribution in [3.63, 3.8) is 0 Å². The van der Waals surface area contributed by atoms with Gasteiger partial charge in [-0.15, -0.1) is 0 Å². The van der Waals surface area contributed by atoms with E-state index in [4.69, 9.17) is 5.73 Å². The maximum atomic E-state index is 13.3. The van der Waals surface area contributed by atoms with E-state index < -0.39 is 0 Å². The second-order valence-electron chi connectivity index (χ2n) is 5.82. The fourth-order valence-corrected chi connectivity index (χ4v) is 1.88. The summed E-state index contributed by atoms with van der Waals surface area (Å²) in [4.78, 5) is 0. The molecule has 0 amide bonds. The molecule has 1 rings (SSSR count). The fraction of sp³-hybridized carbons (Fsp3) is 0.600. The molecule has 0 heterocycles. The van der Waals surface area contributed by atoms with Crippen molar-refractivity contribution in [1.82, 2.24) is 5.32 Å². The molecule has 1 aromatic carbocycles. The molecule has 3 heteroatoms. The largest absolute Gasteiger partial charge is 0.330 e. The van der Waals surface area contributed by atoms with Crippen molar-refractivity contribution >= 4 is 0 Å². The molecule has 2 nitrogen and oxygen atoms in total. The number of nitrogens with two attached hydrogens (primary N) is 1. The van der Waals surface area contributed by atoms with Crippen molar-refractivity contribution in [3.8, 4) is 0 Å². The average Bonchev–Trinajstić information content (AvgIpc) is 2.32. The Bertz CT molecular complexity index is 388. The van der Waals surface area contributed by atoms with E-state index in [-0.39, 0.29) is 11.2 Å². The summed E-state index contributed by atoms with van der Waals surface area (Å²) in [5, 5.41) is 3.44. The van der Waals surface area contributed by atoms with Crippen LogP contribution in [0, 0.1) is 18.7 Å². The third kappa shape index (κ3) is 4.07. The van der Waals surface area contributed by atoms with Crippen LogP contribution in [0.5, 0.6) is 0 Å². The Morgan fingerprint density at radius 2 is 2.06 bits per heavy atom. The number of hydrogen-bond donors (Lipinski definition) is 2. The van der Waals surface area contributed by atoms with Crippen LogP contribution in [0.2, 0.25) is 0 Å². The van der Waals surface area contributed by atoms with Crippen LogP contribution < -0.4 is 11.1 Å². The lowest BCUT2D eigenvalue weighted by atomic mass is 9.83. The van der Waals surface area contributed by atoms with Gasteiger partial charge in [0.25, 0.3) is 0 Å². The van der Waals surface area contributed by atoms with E-state index in [0.29, 0.717) is 18.0 Å². The van der Waals surface area contributed by atoms with Gasteiger partial charge in [-0.1, -0.05) is 32.9 Å². The first-order chi connectivity index (χ1) is 8.36. The molecule has 102 valence electrons. The molecule has 1 atom stereocenters. The fourth-order valence-electron chi connectivity index (χ4n) is 1.88. The van der Waals surface area contributed by atoms with E-state index in [2.05, 4.69) is 26.1 Å². The van der Waals surface area contributed by atoms with E-state index in [1.165, 1.54) is 0 Å². The third-order valence-electron chi connectivity index (χ3n) is 3.40. The highest BCUT2D eigenvalue weighted by Gasteiger charge is 2.21. The molecule has 0 aliphatic rings. The Kier molecular flexibility index (Phi) is 5.29. The first-order valence-electron chi connectivity index (χ1n) is 6.54. The summed E-state index contributed by atoms with van der Waals surface area (Å²) in [6.07, 6.45) is 0. The van der Waals surface area contributed by atoms with E-state index in [9.17, 15) is 4.39 Å².